The van der Waals surface area contributed by atoms with Crippen LogP contribution in [0.1, 0.15) is 60.5 Å². The summed E-state index contributed by atoms with van der Waals surface area (Å²) in [5.74, 6) is -0.296. The Balaban J connectivity index is 1.57. The number of hydrogen-bond donors (Lipinski definition) is 0. The minimum Gasteiger partial charge on any atom is -0.334 e. The Labute approximate surface area is 208 Å². The number of aryl methyl sites for hydroxylation is 1. The van der Waals surface area contributed by atoms with E-state index in [2.05, 4.69) is 6.92 Å². The van der Waals surface area contributed by atoms with Crippen molar-refractivity contribution in [3.63, 3.8) is 0 Å². The molecule has 0 spiro atoms. The van der Waals surface area contributed by atoms with Crippen molar-refractivity contribution >= 4 is 40.0 Å². The molecular formula is C28H26Cl2N2O2. The van der Waals surface area contributed by atoms with Gasteiger partial charge in [0.25, 0.3) is 5.91 Å². The highest BCUT2D eigenvalue weighted by Gasteiger charge is 2.33. The average Bonchev–Trinajstić information content (AvgIpc) is 3.41. The lowest BCUT2D eigenvalue weighted by molar-refractivity contribution is 0.0968. The van der Waals surface area contributed by atoms with Crippen LogP contribution in [0, 0.1) is 0 Å². The van der Waals surface area contributed by atoms with E-state index in [1.807, 2.05) is 47.0 Å². The van der Waals surface area contributed by atoms with E-state index in [0.29, 0.717) is 33.4 Å². The fourth-order valence-corrected chi connectivity index (χ4v) is 5.59. The third-order valence-electron chi connectivity index (χ3n) is 6.68. The predicted octanol–water partition coefficient (Wildman–Crippen LogP) is 7.34. The van der Waals surface area contributed by atoms with Crippen LogP contribution in [-0.2, 0) is 13.0 Å². The fraction of sp³-hybridized carbons (Fsp3) is 0.286. The molecule has 0 saturated carbocycles. The molecule has 0 bridgehead atoms. The van der Waals surface area contributed by atoms with E-state index < -0.39 is 0 Å². The zero-order valence-electron chi connectivity index (χ0n) is 19.1. The Morgan fingerprint density at radius 2 is 1.62 bits per heavy atom. The molecule has 0 unspecified atom stereocenters. The number of carbonyl (C=O) groups excluding carboxylic acids is 1. The highest BCUT2D eigenvalue weighted by Crippen LogP contribution is 2.36. The molecular weight excluding hydrogens is 467 g/mol. The van der Waals surface area contributed by atoms with Gasteiger partial charge in [0.1, 0.15) is 5.56 Å². The first-order chi connectivity index (χ1) is 16.5. The predicted molar refractivity (Wildman–Crippen MR) is 139 cm³/mol. The summed E-state index contributed by atoms with van der Waals surface area (Å²) in [7, 11) is 0. The van der Waals surface area contributed by atoms with E-state index in [-0.39, 0.29) is 16.9 Å². The number of unbranched alkanes of at least 4 members (excludes halogenated alkanes) is 4. The van der Waals surface area contributed by atoms with E-state index in [1.165, 1.54) is 30.3 Å². The Morgan fingerprint density at radius 3 is 2.38 bits per heavy atom. The summed E-state index contributed by atoms with van der Waals surface area (Å²) in [6, 6.07) is 15.1. The molecule has 2 aromatic heterocycles. The van der Waals surface area contributed by atoms with Crippen LogP contribution in [0.5, 0.6) is 0 Å². The molecule has 5 rings (SSSR count). The van der Waals surface area contributed by atoms with Gasteiger partial charge in [-0.25, -0.2) is 0 Å². The van der Waals surface area contributed by atoms with Gasteiger partial charge in [0.05, 0.1) is 23.4 Å². The van der Waals surface area contributed by atoms with Crippen molar-refractivity contribution in [2.24, 2.45) is 0 Å². The van der Waals surface area contributed by atoms with E-state index in [1.54, 1.807) is 12.3 Å². The van der Waals surface area contributed by atoms with Crippen LogP contribution in [-0.4, -0.2) is 15.0 Å². The lowest BCUT2D eigenvalue weighted by Gasteiger charge is -2.18. The Kier molecular flexibility index (Phi) is 6.37. The third kappa shape index (κ3) is 3.89. The van der Waals surface area contributed by atoms with Crippen molar-refractivity contribution < 1.29 is 4.79 Å². The van der Waals surface area contributed by atoms with Crippen molar-refractivity contribution in [2.45, 2.75) is 52.0 Å². The molecule has 0 saturated heterocycles. The van der Waals surface area contributed by atoms with Crippen molar-refractivity contribution in [1.29, 1.82) is 0 Å². The Morgan fingerprint density at radius 1 is 0.882 bits per heavy atom. The van der Waals surface area contributed by atoms with Crippen LogP contribution in [0.4, 0.5) is 0 Å². The van der Waals surface area contributed by atoms with Crippen molar-refractivity contribution in [3.8, 4) is 11.4 Å². The largest absolute Gasteiger partial charge is 0.334 e. The van der Waals surface area contributed by atoms with Gasteiger partial charge in [-0.1, -0.05) is 67.9 Å². The average molecular weight is 493 g/mol. The lowest BCUT2D eigenvalue weighted by Crippen LogP contribution is -2.20. The second-order valence-electron chi connectivity index (χ2n) is 8.93. The van der Waals surface area contributed by atoms with Gasteiger partial charge in [0.15, 0.2) is 0 Å². The van der Waals surface area contributed by atoms with Crippen molar-refractivity contribution in [2.75, 3.05) is 0 Å². The first-order valence-corrected chi connectivity index (χ1v) is 12.6. The topological polar surface area (TPSA) is 44.0 Å². The molecule has 0 aliphatic carbocycles. The number of para-hydroxylation sites is 1. The summed E-state index contributed by atoms with van der Waals surface area (Å²) in [6.45, 7) is 2.57. The minimum absolute atomic E-state index is 0.199. The number of aromatic nitrogens is 2. The van der Waals surface area contributed by atoms with Crippen molar-refractivity contribution in [3.05, 3.63) is 91.7 Å². The zero-order valence-corrected chi connectivity index (χ0v) is 20.6. The van der Waals surface area contributed by atoms with Crippen LogP contribution in [0.2, 0.25) is 10.0 Å². The number of fused-ring (bicyclic) bond motifs is 4. The summed E-state index contributed by atoms with van der Waals surface area (Å²) < 4.78 is 3.53. The Hall–Kier alpha value is -2.82. The molecule has 174 valence electrons. The number of hydrogen-bond acceptors (Lipinski definition) is 2. The van der Waals surface area contributed by atoms with Gasteiger partial charge < -0.3 is 4.57 Å². The van der Waals surface area contributed by atoms with Gasteiger partial charge >= 0.3 is 0 Å². The van der Waals surface area contributed by atoms with E-state index in [4.69, 9.17) is 23.2 Å². The van der Waals surface area contributed by atoms with Gasteiger partial charge in [-0.15, -0.1) is 0 Å². The van der Waals surface area contributed by atoms with Gasteiger partial charge in [-0.05, 0) is 54.8 Å². The first kappa shape index (κ1) is 22.9. The van der Waals surface area contributed by atoms with Crippen LogP contribution in [0.25, 0.3) is 22.3 Å². The molecule has 1 aliphatic rings. The Bertz CT molecular complexity index is 1440. The highest BCUT2D eigenvalue weighted by molar-refractivity contribution is 6.36. The molecule has 1 aliphatic heterocycles. The minimum atomic E-state index is -0.296. The summed E-state index contributed by atoms with van der Waals surface area (Å²) in [4.78, 5) is 26.3. The quantitative estimate of drug-likeness (QED) is 0.212. The molecule has 0 atom stereocenters. The molecule has 34 heavy (non-hydrogen) atoms. The number of rotatable bonds is 8. The molecule has 0 fully saturated rings. The summed E-state index contributed by atoms with van der Waals surface area (Å²) in [5, 5.41) is 1.72. The van der Waals surface area contributed by atoms with E-state index in [9.17, 15) is 9.59 Å². The van der Waals surface area contributed by atoms with Crippen LogP contribution < -0.4 is 5.43 Å². The smallest absolute Gasteiger partial charge is 0.268 e. The second kappa shape index (κ2) is 9.44. The number of pyridine rings is 1. The molecule has 6 heteroatoms. The highest BCUT2D eigenvalue weighted by atomic mass is 35.5. The van der Waals surface area contributed by atoms with Crippen LogP contribution in [0.15, 0.2) is 59.5 Å². The third-order valence-corrected chi connectivity index (χ3v) is 7.36. The summed E-state index contributed by atoms with van der Waals surface area (Å²) in [5.41, 5.74) is 3.95. The van der Waals surface area contributed by atoms with Gasteiger partial charge in [0, 0.05) is 27.2 Å². The monoisotopic (exact) mass is 492 g/mol. The van der Waals surface area contributed by atoms with Crippen LogP contribution >= 0.6 is 23.2 Å². The molecule has 4 nitrogen and oxygen atoms in total. The lowest BCUT2D eigenvalue weighted by atomic mass is 10.0. The second-order valence-corrected chi connectivity index (χ2v) is 9.74. The molecule has 0 amide bonds. The van der Waals surface area contributed by atoms with E-state index >= 15 is 0 Å². The maximum Gasteiger partial charge on any atom is 0.268 e. The normalized spacial score (nSPS) is 12.4. The molecule has 0 N–H and O–H groups in total. The van der Waals surface area contributed by atoms with Crippen molar-refractivity contribution in [1.82, 2.24) is 9.13 Å². The van der Waals surface area contributed by atoms with Gasteiger partial charge in [-0.2, -0.15) is 0 Å². The summed E-state index contributed by atoms with van der Waals surface area (Å²) >= 11 is 13.5. The molecule has 4 aromatic rings. The maximum absolute atomic E-state index is 13.2. The maximum atomic E-state index is 13.2. The number of nitrogens with zero attached hydrogens (tertiary/aromatic N) is 2. The molecule has 2 aromatic carbocycles. The fourth-order valence-electron chi connectivity index (χ4n) is 4.94. The van der Waals surface area contributed by atoms with Crippen LogP contribution in [0.3, 0.4) is 0 Å². The number of carbonyl (C=O) groups is 1. The standard InChI is InChI=1S/C28H26Cl2N2O2/c1-2-3-4-5-6-10-18-15-21(29)20(22(30)16-18)17-32-23-12-8-7-11-19(23)27(33)25-26(32)24-13-9-14-31(24)28(25)34/h7-9,11-16H,2-6,10,17H2,1H3. The zero-order chi connectivity index (χ0) is 23.8. The molecule has 0 radical (unpaired) electrons. The van der Waals surface area contributed by atoms with E-state index in [0.717, 1.165) is 29.5 Å². The summed E-state index contributed by atoms with van der Waals surface area (Å²) in [6.07, 6.45) is 8.71. The molecule has 3 heterocycles. The van der Waals surface area contributed by atoms with Gasteiger partial charge in [0.2, 0.25) is 5.43 Å². The number of halogens is 2. The number of benzene rings is 2. The first-order valence-electron chi connectivity index (χ1n) is 11.9. The SMILES string of the molecule is CCCCCCCc1cc(Cl)c(Cn2c3c(c(=O)c4ccccc42)C(=O)n2cccc2-3)c(Cl)c1. The van der Waals surface area contributed by atoms with Gasteiger partial charge in [-0.3, -0.25) is 14.2 Å².